The van der Waals surface area contributed by atoms with Gasteiger partial charge in [-0.15, -0.1) is 0 Å². The Balaban J connectivity index is 2.45. The van der Waals surface area contributed by atoms with Gasteiger partial charge < -0.3 is 8.61 Å². The van der Waals surface area contributed by atoms with Gasteiger partial charge in [0.05, 0.1) is 17.5 Å². The summed E-state index contributed by atoms with van der Waals surface area (Å²) in [4.78, 5) is -0.207. The molecule has 1 aromatic rings. The van der Waals surface area contributed by atoms with Crippen LogP contribution in [0.2, 0.25) is 18.1 Å². The Labute approximate surface area is 188 Å². The Morgan fingerprint density at radius 3 is 2.06 bits per heavy atom. The third-order valence-electron chi connectivity index (χ3n) is 5.61. The SMILES string of the molecule is Cc1ccc(S(=O)(=O)N2C(OS(=O)(=O)C(F)(F)F)=CC[C@H]2CO[Si](C)(C)C(C)(C)C)cc1. The van der Waals surface area contributed by atoms with Crippen molar-refractivity contribution in [2.45, 2.75) is 68.7 Å². The average molecular weight is 516 g/mol. The second-order valence-electron chi connectivity index (χ2n) is 9.10. The second-order valence-corrected chi connectivity index (χ2v) is 17.3. The summed E-state index contributed by atoms with van der Waals surface area (Å²) in [7, 11) is -12.8. The first-order valence-electron chi connectivity index (χ1n) is 9.75. The lowest BCUT2D eigenvalue weighted by atomic mass is 10.2. The third kappa shape index (κ3) is 5.49. The van der Waals surface area contributed by atoms with Crippen molar-refractivity contribution in [1.82, 2.24) is 4.31 Å². The summed E-state index contributed by atoms with van der Waals surface area (Å²) in [5, 5.41) is -0.196. The molecular weight excluding hydrogens is 487 g/mol. The molecule has 2 rings (SSSR count). The van der Waals surface area contributed by atoms with Gasteiger partial charge in [-0.25, -0.2) is 12.7 Å². The van der Waals surface area contributed by atoms with Crippen molar-refractivity contribution in [3.63, 3.8) is 0 Å². The minimum Gasteiger partial charge on any atom is -0.415 e. The van der Waals surface area contributed by atoms with Crippen LogP contribution >= 0.6 is 0 Å². The van der Waals surface area contributed by atoms with Gasteiger partial charge in [-0.05, 0) is 49.7 Å². The zero-order chi connectivity index (χ0) is 24.8. The van der Waals surface area contributed by atoms with E-state index in [9.17, 15) is 30.0 Å². The van der Waals surface area contributed by atoms with Gasteiger partial charge in [-0.3, -0.25) is 0 Å². The Bertz CT molecular complexity index is 1080. The van der Waals surface area contributed by atoms with Crippen LogP contribution in [0.25, 0.3) is 0 Å². The van der Waals surface area contributed by atoms with Crippen LogP contribution in [0.3, 0.4) is 0 Å². The van der Waals surface area contributed by atoms with Crippen molar-refractivity contribution in [2.24, 2.45) is 0 Å². The van der Waals surface area contributed by atoms with E-state index in [-0.39, 0.29) is 23.0 Å². The fraction of sp³-hybridized carbons (Fsp3) is 0.579. The molecule has 0 saturated carbocycles. The quantitative estimate of drug-likeness (QED) is 0.302. The van der Waals surface area contributed by atoms with Crippen LogP contribution < -0.4 is 0 Å². The van der Waals surface area contributed by atoms with Gasteiger partial charge in [0.15, 0.2) is 8.32 Å². The Morgan fingerprint density at radius 2 is 1.59 bits per heavy atom. The van der Waals surface area contributed by atoms with E-state index in [4.69, 9.17) is 4.43 Å². The van der Waals surface area contributed by atoms with Gasteiger partial charge in [-0.2, -0.15) is 21.6 Å². The van der Waals surface area contributed by atoms with E-state index >= 15 is 0 Å². The molecular formula is C19H28F3NO6S2Si. The summed E-state index contributed by atoms with van der Waals surface area (Å²) in [5.41, 5.74) is -4.93. The molecule has 182 valence electrons. The van der Waals surface area contributed by atoms with Crippen molar-refractivity contribution in [1.29, 1.82) is 0 Å². The van der Waals surface area contributed by atoms with Crippen LogP contribution in [0.15, 0.2) is 41.1 Å². The lowest BCUT2D eigenvalue weighted by Gasteiger charge is -2.38. The van der Waals surface area contributed by atoms with E-state index in [1.807, 2.05) is 33.9 Å². The summed E-state index contributed by atoms with van der Waals surface area (Å²) < 4.78 is 99.3. The molecule has 1 heterocycles. The topological polar surface area (TPSA) is 90.0 Å². The predicted molar refractivity (Wildman–Crippen MR) is 116 cm³/mol. The van der Waals surface area contributed by atoms with Crippen LogP contribution in [0, 0.1) is 6.92 Å². The highest BCUT2D eigenvalue weighted by atomic mass is 32.2. The summed E-state index contributed by atoms with van der Waals surface area (Å²) >= 11 is 0. The smallest absolute Gasteiger partial charge is 0.415 e. The first-order valence-corrected chi connectivity index (χ1v) is 15.5. The molecule has 1 atom stereocenters. The highest BCUT2D eigenvalue weighted by Gasteiger charge is 2.51. The maximum Gasteiger partial charge on any atom is 0.534 e. The molecule has 13 heteroatoms. The number of halogens is 3. The number of nitrogens with zero attached hydrogens (tertiary/aromatic N) is 1. The predicted octanol–water partition coefficient (Wildman–Crippen LogP) is 4.49. The van der Waals surface area contributed by atoms with Gasteiger partial charge in [0.1, 0.15) is 0 Å². The number of benzene rings is 1. The van der Waals surface area contributed by atoms with Crippen molar-refractivity contribution in [3.8, 4) is 0 Å². The maximum atomic E-state index is 13.3. The maximum absolute atomic E-state index is 13.3. The molecule has 0 bridgehead atoms. The van der Waals surface area contributed by atoms with Gasteiger partial charge >= 0.3 is 15.6 Å². The third-order valence-corrected chi connectivity index (χ3v) is 12.9. The summed E-state index contributed by atoms with van der Waals surface area (Å²) in [6.45, 7) is 11.5. The Hall–Kier alpha value is -1.57. The van der Waals surface area contributed by atoms with Crippen molar-refractivity contribution >= 4 is 28.5 Å². The average Bonchev–Trinajstić information content (AvgIpc) is 3.01. The van der Waals surface area contributed by atoms with E-state index < -0.39 is 45.9 Å². The number of aryl methyl sites for hydroxylation is 1. The normalized spacial score (nSPS) is 18.6. The first-order chi connectivity index (χ1) is 14.3. The number of rotatable bonds is 7. The van der Waals surface area contributed by atoms with E-state index in [0.29, 0.717) is 4.31 Å². The van der Waals surface area contributed by atoms with E-state index in [1.54, 1.807) is 6.92 Å². The Kier molecular flexibility index (Phi) is 7.21. The lowest BCUT2D eigenvalue weighted by molar-refractivity contribution is -0.0532. The highest BCUT2D eigenvalue weighted by molar-refractivity contribution is 7.89. The molecule has 1 aromatic carbocycles. The van der Waals surface area contributed by atoms with Gasteiger partial charge in [0.2, 0.25) is 5.88 Å². The molecule has 7 nitrogen and oxygen atoms in total. The standard InChI is InChI=1S/C19H28F3NO6S2Si/c1-14-7-10-16(11-8-14)30(24,25)23-15(13-28-32(5,6)18(2,3)4)9-12-17(23)29-31(26,27)19(20,21)22/h7-8,10-12,15H,9,13H2,1-6H3/t15-/m0/s1. The molecule has 0 saturated heterocycles. The zero-order valence-corrected chi connectivity index (χ0v) is 21.4. The molecule has 0 N–H and O–H groups in total. The van der Waals surface area contributed by atoms with Crippen molar-refractivity contribution in [2.75, 3.05) is 6.61 Å². The van der Waals surface area contributed by atoms with Crippen molar-refractivity contribution < 1.29 is 38.6 Å². The molecule has 0 aromatic heterocycles. The van der Waals surface area contributed by atoms with Crippen LogP contribution in [0.1, 0.15) is 32.8 Å². The largest absolute Gasteiger partial charge is 0.534 e. The molecule has 0 amide bonds. The van der Waals surface area contributed by atoms with E-state index in [1.165, 1.54) is 24.3 Å². The molecule has 0 radical (unpaired) electrons. The van der Waals surface area contributed by atoms with E-state index in [2.05, 4.69) is 4.18 Å². The number of hydrogen-bond donors (Lipinski definition) is 0. The van der Waals surface area contributed by atoms with Crippen molar-refractivity contribution in [3.05, 3.63) is 41.8 Å². The first kappa shape index (κ1) is 26.7. The zero-order valence-electron chi connectivity index (χ0n) is 18.7. The van der Waals surface area contributed by atoms with Gasteiger partial charge in [0.25, 0.3) is 10.0 Å². The number of hydrogen-bond acceptors (Lipinski definition) is 6. The van der Waals surface area contributed by atoms with Gasteiger partial charge in [-0.1, -0.05) is 38.5 Å². The second kappa shape index (κ2) is 8.65. The number of sulfonamides is 1. The molecule has 0 fully saturated rings. The molecule has 0 aliphatic carbocycles. The van der Waals surface area contributed by atoms with E-state index in [0.717, 1.165) is 11.6 Å². The minimum atomic E-state index is -6.06. The molecule has 32 heavy (non-hydrogen) atoms. The van der Waals surface area contributed by atoms with Crippen LogP contribution in [0.5, 0.6) is 0 Å². The Morgan fingerprint density at radius 1 is 1.06 bits per heavy atom. The fourth-order valence-electron chi connectivity index (χ4n) is 2.63. The summed E-state index contributed by atoms with van der Waals surface area (Å²) in [6.07, 6.45) is 0.955. The van der Waals surface area contributed by atoms with Crippen LogP contribution in [-0.4, -0.2) is 47.6 Å². The number of alkyl halides is 3. The molecule has 0 unspecified atom stereocenters. The molecule has 1 aliphatic heterocycles. The minimum absolute atomic E-state index is 0.0670. The lowest BCUT2D eigenvalue weighted by Crippen LogP contribution is -2.46. The van der Waals surface area contributed by atoms with Gasteiger partial charge in [0, 0.05) is 0 Å². The molecule has 1 aliphatic rings. The monoisotopic (exact) mass is 515 g/mol. The summed E-state index contributed by atoms with van der Waals surface area (Å²) in [5.74, 6) is -0.910. The highest BCUT2D eigenvalue weighted by Crippen LogP contribution is 2.39. The fourth-order valence-corrected chi connectivity index (χ4v) is 5.78. The van der Waals surface area contributed by atoms with Crippen LogP contribution in [-0.2, 0) is 28.8 Å². The summed E-state index contributed by atoms with van der Waals surface area (Å²) in [6, 6.07) is 4.69. The van der Waals surface area contributed by atoms with Crippen LogP contribution in [0.4, 0.5) is 13.2 Å². The molecule has 0 spiro atoms.